The quantitative estimate of drug-likeness (QED) is 0.753. The summed E-state index contributed by atoms with van der Waals surface area (Å²) in [7, 11) is 1.75. The maximum Gasteiger partial charge on any atom is 0.416 e. The van der Waals surface area contributed by atoms with Gasteiger partial charge in [0.15, 0.2) is 0 Å². The summed E-state index contributed by atoms with van der Waals surface area (Å²) in [5.41, 5.74) is 1.52. The van der Waals surface area contributed by atoms with Gasteiger partial charge in [0, 0.05) is 31.1 Å². The van der Waals surface area contributed by atoms with Crippen LogP contribution in [0.5, 0.6) is 0 Å². The van der Waals surface area contributed by atoms with Gasteiger partial charge in [0.05, 0.1) is 5.56 Å². The predicted molar refractivity (Wildman–Crippen MR) is 90.7 cm³/mol. The SMILES string of the molecule is CCc1ccc(C(F)(F)F)cc1-c1ccn(-c2cc(NC)ncn2)c1. The van der Waals surface area contributed by atoms with Crippen molar-refractivity contribution in [1.29, 1.82) is 0 Å². The van der Waals surface area contributed by atoms with Crippen LogP contribution in [0.25, 0.3) is 16.9 Å². The Bertz CT molecular complexity index is 884. The molecule has 0 radical (unpaired) electrons. The zero-order valence-corrected chi connectivity index (χ0v) is 13.8. The van der Waals surface area contributed by atoms with E-state index >= 15 is 0 Å². The third-order valence-corrected chi connectivity index (χ3v) is 4.00. The topological polar surface area (TPSA) is 42.7 Å². The number of hydrogen-bond acceptors (Lipinski definition) is 3. The molecule has 3 rings (SSSR count). The summed E-state index contributed by atoms with van der Waals surface area (Å²) < 4.78 is 40.9. The summed E-state index contributed by atoms with van der Waals surface area (Å²) in [5.74, 6) is 1.30. The van der Waals surface area contributed by atoms with Gasteiger partial charge in [-0.25, -0.2) is 9.97 Å². The molecular weight excluding hydrogens is 329 g/mol. The van der Waals surface area contributed by atoms with Crippen molar-refractivity contribution in [2.75, 3.05) is 12.4 Å². The molecule has 0 aliphatic carbocycles. The first kappa shape index (κ1) is 17.0. The number of nitrogens with one attached hydrogen (secondary N) is 1. The average Bonchev–Trinajstić information content (AvgIpc) is 3.10. The fourth-order valence-corrected chi connectivity index (χ4v) is 2.65. The van der Waals surface area contributed by atoms with Crippen molar-refractivity contribution >= 4 is 5.82 Å². The lowest BCUT2D eigenvalue weighted by atomic mass is 9.97. The normalized spacial score (nSPS) is 11.6. The Morgan fingerprint density at radius 1 is 1.12 bits per heavy atom. The number of anilines is 1. The highest BCUT2D eigenvalue weighted by Gasteiger charge is 2.31. The molecule has 0 amide bonds. The lowest BCUT2D eigenvalue weighted by Crippen LogP contribution is -2.05. The van der Waals surface area contributed by atoms with Crippen LogP contribution in [-0.2, 0) is 12.6 Å². The Morgan fingerprint density at radius 2 is 1.92 bits per heavy atom. The number of rotatable bonds is 4. The second-order valence-electron chi connectivity index (χ2n) is 5.54. The Morgan fingerprint density at radius 3 is 2.60 bits per heavy atom. The second-order valence-corrected chi connectivity index (χ2v) is 5.54. The highest BCUT2D eigenvalue weighted by Crippen LogP contribution is 2.34. The van der Waals surface area contributed by atoms with Gasteiger partial charge in [-0.1, -0.05) is 13.0 Å². The molecule has 0 atom stereocenters. The van der Waals surface area contributed by atoms with Gasteiger partial charge in [0.1, 0.15) is 18.0 Å². The molecule has 0 fully saturated rings. The first-order valence-electron chi connectivity index (χ1n) is 7.81. The molecule has 2 aromatic heterocycles. The van der Waals surface area contributed by atoms with Crippen molar-refractivity contribution in [1.82, 2.24) is 14.5 Å². The number of alkyl halides is 3. The van der Waals surface area contributed by atoms with Gasteiger partial charge in [-0.15, -0.1) is 0 Å². The zero-order chi connectivity index (χ0) is 18.0. The minimum atomic E-state index is -4.36. The summed E-state index contributed by atoms with van der Waals surface area (Å²) in [6.45, 7) is 1.92. The minimum absolute atomic E-state index is 0.582. The molecule has 0 saturated carbocycles. The van der Waals surface area contributed by atoms with Gasteiger partial charge in [-0.3, -0.25) is 0 Å². The standard InChI is InChI=1S/C18H17F3N4/c1-3-12-4-5-14(18(19,20)21)8-15(12)13-6-7-25(10-13)17-9-16(22-2)23-11-24-17/h4-11H,3H2,1-2H3,(H,22,23,24). The maximum atomic E-state index is 13.0. The summed E-state index contributed by atoms with van der Waals surface area (Å²) in [6.07, 6.45) is 1.27. The van der Waals surface area contributed by atoms with Gasteiger partial charge in [0.25, 0.3) is 0 Å². The van der Waals surface area contributed by atoms with Crippen LogP contribution < -0.4 is 5.32 Å². The summed E-state index contributed by atoms with van der Waals surface area (Å²) in [4.78, 5) is 8.25. The van der Waals surface area contributed by atoms with E-state index in [1.165, 1.54) is 12.4 Å². The van der Waals surface area contributed by atoms with Crippen molar-refractivity contribution in [3.8, 4) is 16.9 Å². The zero-order valence-electron chi connectivity index (χ0n) is 13.8. The first-order chi connectivity index (χ1) is 11.9. The number of halogens is 3. The summed E-state index contributed by atoms with van der Waals surface area (Å²) in [6, 6.07) is 7.42. The van der Waals surface area contributed by atoms with Crippen molar-refractivity contribution in [2.45, 2.75) is 19.5 Å². The molecule has 3 aromatic rings. The van der Waals surface area contributed by atoms with E-state index in [2.05, 4.69) is 15.3 Å². The molecule has 0 bridgehead atoms. The molecule has 1 N–H and O–H groups in total. The van der Waals surface area contributed by atoms with Crippen LogP contribution in [0.3, 0.4) is 0 Å². The molecule has 2 heterocycles. The van der Waals surface area contributed by atoms with Crippen LogP contribution in [-0.4, -0.2) is 21.6 Å². The molecule has 0 spiro atoms. The molecule has 0 saturated heterocycles. The molecule has 1 aromatic carbocycles. The second kappa shape index (κ2) is 6.58. The van der Waals surface area contributed by atoms with E-state index in [0.29, 0.717) is 29.2 Å². The van der Waals surface area contributed by atoms with E-state index in [0.717, 1.165) is 11.6 Å². The van der Waals surface area contributed by atoms with Crippen molar-refractivity contribution in [2.24, 2.45) is 0 Å². The Labute approximate surface area is 143 Å². The number of aryl methyl sites for hydroxylation is 1. The molecular formula is C18H17F3N4. The van der Waals surface area contributed by atoms with Gasteiger partial charge >= 0.3 is 6.18 Å². The van der Waals surface area contributed by atoms with Crippen LogP contribution in [0.15, 0.2) is 49.1 Å². The third-order valence-electron chi connectivity index (χ3n) is 4.00. The van der Waals surface area contributed by atoms with E-state index < -0.39 is 11.7 Å². The number of hydrogen-bond donors (Lipinski definition) is 1. The molecule has 25 heavy (non-hydrogen) atoms. The minimum Gasteiger partial charge on any atom is -0.373 e. The van der Waals surface area contributed by atoms with Crippen molar-refractivity contribution in [3.63, 3.8) is 0 Å². The fourth-order valence-electron chi connectivity index (χ4n) is 2.65. The Balaban J connectivity index is 2.04. The highest BCUT2D eigenvalue weighted by molar-refractivity contribution is 5.68. The van der Waals surface area contributed by atoms with E-state index in [4.69, 9.17) is 0 Å². The average molecular weight is 346 g/mol. The van der Waals surface area contributed by atoms with Crippen LogP contribution in [0, 0.1) is 0 Å². The van der Waals surface area contributed by atoms with Crippen LogP contribution >= 0.6 is 0 Å². The predicted octanol–water partition coefficient (Wildman–Crippen LogP) is 4.56. The number of benzene rings is 1. The Kier molecular flexibility index (Phi) is 4.48. The van der Waals surface area contributed by atoms with E-state index in [-0.39, 0.29) is 0 Å². The molecule has 0 aliphatic rings. The summed E-state index contributed by atoms with van der Waals surface area (Å²) in [5, 5.41) is 2.93. The van der Waals surface area contributed by atoms with Gasteiger partial charge in [-0.05, 0) is 35.7 Å². The molecule has 130 valence electrons. The Hall–Kier alpha value is -2.83. The van der Waals surface area contributed by atoms with Crippen LogP contribution in [0.4, 0.5) is 19.0 Å². The lowest BCUT2D eigenvalue weighted by Gasteiger charge is -2.12. The molecule has 0 unspecified atom stereocenters. The first-order valence-corrected chi connectivity index (χ1v) is 7.81. The molecule has 4 nitrogen and oxygen atoms in total. The van der Waals surface area contributed by atoms with E-state index in [9.17, 15) is 13.2 Å². The largest absolute Gasteiger partial charge is 0.416 e. The number of aromatic nitrogens is 3. The number of nitrogens with zero attached hydrogens (tertiary/aromatic N) is 3. The van der Waals surface area contributed by atoms with E-state index in [1.54, 1.807) is 42.2 Å². The summed E-state index contributed by atoms with van der Waals surface area (Å²) >= 11 is 0. The van der Waals surface area contributed by atoms with Crippen molar-refractivity contribution in [3.05, 3.63) is 60.2 Å². The smallest absolute Gasteiger partial charge is 0.373 e. The fraction of sp³-hybridized carbons (Fsp3) is 0.222. The molecule has 7 heteroatoms. The van der Waals surface area contributed by atoms with Crippen LogP contribution in [0.1, 0.15) is 18.1 Å². The van der Waals surface area contributed by atoms with Gasteiger partial charge in [0.2, 0.25) is 0 Å². The van der Waals surface area contributed by atoms with Gasteiger partial charge in [-0.2, -0.15) is 13.2 Å². The highest BCUT2D eigenvalue weighted by atomic mass is 19.4. The third kappa shape index (κ3) is 3.50. The van der Waals surface area contributed by atoms with Crippen LogP contribution in [0.2, 0.25) is 0 Å². The van der Waals surface area contributed by atoms with Crippen molar-refractivity contribution < 1.29 is 13.2 Å². The monoisotopic (exact) mass is 346 g/mol. The maximum absolute atomic E-state index is 13.0. The van der Waals surface area contributed by atoms with Gasteiger partial charge < -0.3 is 9.88 Å². The van der Waals surface area contributed by atoms with E-state index in [1.807, 2.05) is 6.92 Å². The molecule has 0 aliphatic heterocycles. The lowest BCUT2D eigenvalue weighted by molar-refractivity contribution is -0.137.